The Balaban J connectivity index is 2.08. The lowest BCUT2D eigenvalue weighted by molar-refractivity contribution is 0.0950. The standard InChI is InChI=1S/C13H13BrN4O/c1-8-6-12(17-15-8)13(19)18-16-9(2)10-4-3-5-11(14)7-10/h3-7H,1-2H3,(H,15,17)(H,18,19). The summed E-state index contributed by atoms with van der Waals surface area (Å²) >= 11 is 3.39. The number of H-pyrrole nitrogens is 1. The molecule has 0 aliphatic rings. The van der Waals surface area contributed by atoms with Crippen LogP contribution in [0.15, 0.2) is 39.9 Å². The molecule has 5 nitrogen and oxygen atoms in total. The molecule has 0 spiro atoms. The van der Waals surface area contributed by atoms with Crippen LogP contribution in [0.2, 0.25) is 0 Å². The van der Waals surface area contributed by atoms with Gasteiger partial charge in [0.15, 0.2) is 5.69 Å². The third kappa shape index (κ3) is 3.51. The van der Waals surface area contributed by atoms with Crippen molar-refractivity contribution in [3.05, 3.63) is 51.8 Å². The van der Waals surface area contributed by atoms with Crippen molar-refractivity contribution in [3.8, 4) is 0 Å². The van der Waals surface area contributed by atoms with Crippen LogP contribution in [0.4, 0.5) is 0 Å². The maximum Gasteiger partial charge on any atom is 0.291 e. The molecule has 0 unspecified atom stereocenters. The van der Waals surface area contributed by atoms with E-state index in [1.807, 2.05) is 38.1 Å². The molecule has 0 aliphatic heterocycles. The number of halogens is 1. The van der Waals surface area contributed by atoms with Crippen molar-refractivity contribution in [2.75, 3.05) is 0 Å². The lowest BCUT2D eigenvalue weighted by Crippen LogP contribution is -2.19. The molecule has 0 aliphatic carbocycles. The van der Waals surface area contributed by atoms with E-state index >= 15 is 0 Å². The molecule has 2 rings (SSSR count). The number of hydrogen-bond acceptors (Lipinski definition) is 3. The SMILES string of the molecule is CC(=NNC(=O)c1cc(C)[nH]n1)c1cccc(Br)c1. The third-order valence-electron chi connectivity index (χ3n) is 2.51. The van der Waals surface area contributed by atoms with Crippen LogP contribution < -0.4 is 5.43 Å². The summed E-state index contributed by atoms with van der Waals surface area (Å²) in [6, 6.07) is 9.37. The molecule has 0 saturated heterocycles. The van der Waals surface area contributed by atoms with E-state index in [1.165, 1.54) is 0 Å². The Hall–Kier alpha value is -1.95. The van der Waals surface area contributed by atoms with Gasteiger partial charge in [-0.25, -0.2) is 5.43 Å². The second kappa shape index (κ2) is 5.79. The molecular formula is C13H13BrN4O. The molecule has 1 heterocycles. The third-order valence-corrected chi connectivity index (χ3v) is 3.00. The van der Waals surface area contributed by atoms with E-state index in [0.29, 0.717) is 5.69 Å². The first-order valence-electron chi connectivity index (χ1n) is 5.69. The first-order chi connectivity index (χ1) is 9.06. The summed E-state index contributed by atoms with van der Waals surface area (Å²) in [5.74, 6) is -0.335. The number of aryl methyl sites for hydroxylation is 1. The summed E-state index contributed by atoms with van der Waals surface area (Å²) < 4.78 is 0.966. The summed E-state index contributed by atoms with van der Waals surface area (Å²) in [4.78, 5) is 11.8. The first-order valence-corrected chi connectivity index (χ1v) is 6.48. The van der Waals surface area contributed by atoms with Crippen LogP contribution in [0.1, 0.15) is 28.7 Å². The van der Waals surface area contributed by atoms with Crippen molar-refractivity contribution in [1.82, 2.24) is 15.6 Å². The molecule has 19 heavy (non-hydrogen) atoms. The van der Waals surface area contributed by atoms with Crippen molar-refractivity contribution < 1.29 is 4.79 Å². The zero-order chi connectivity index (χ0) is 13.8. The molecule has 0 radical (unpaired) electrons. The molecule has 0 bridgehead atoms. The highest BCUT2D eigenvalue weighted by molar-refractivity contribution is 9.10. The number of aromatic nitrogens is 2. The minimum absolute atomic E-state index is 0.322. The van der Waals surface area contributed by atoms with Gasteiger partial charge in [0.1, 0.15) is 0 Å². The van der Waals surface area contributed by atoms with Gasteiger partial charge in [-0.15, -0.1) is 0 Å². The highest BCUT2D eigenvalue weighted by Crippen LogP contribution is 2.12. The molecule has 0 atom stereocenters. The average Bonchev–Trinajstić information content (AvgIpc) is 2.82. The lowest BCUT2D eigenvalue weighted by Gasteiger charge is -2.02. The van der Waals surface area contributed by atoms with Crippen molar-refractivity contribution in [2.45, 2.75) is 13.8 Å². The van der Waals surface area contributed by atoms with E-state index in [1.54, 1.807) is 6.07 Å². The van der Waals surface area contributed by atoms with Crippen LogP contribution in [0.25, 0.3) is 0 Å². The predicted molar refractivity (Wildman–Crippen MR) is 77.1 cm³/mol. The van der Waals surface area contributed by atoms with Gasteiger partial charge >= 0.3 is 0 Å². The van der Waals surface area contributed by atoms with E-state index in [4.69, 9.17) is 0 Å². The molecule has 0 saturated carbocycles. The Morgan fingerprint density at radius 1 is 1.42 bits per heavy atom. The van der Waals surface area contributed by atoms with Crippen LogP contribution in [-0.2, 0) is 0 Å². The number of hydrogen-bond donors (Lipinski definition) is 2. The quantitative estimate of drug-likeness (QED) is 0.674. The number of carbonyl (C=O) groups excluding carboxylic acids is 1. The smallest absolute Gasteiger partial charge is 0.282 e. The van der Waals surface area contributed by atoms with E-state index in [-0.39, 0.29) is 5.91 Å². The average molecular weight is 321 g/mol. The highest BCUT2D eigenvalue weighted by atomic mass is 79.9. The summed E-state index contributed by atoms with van der Waals surface area (Å²) in [6.45, 7) is 3.66. The number of nitrogens with one attached hydrogen (secondary N) is 2. The number of benzene rings is 1. The molecule has 2 aromatic rings. The second-order valence-electron chi connectivity index (χ2n) is 4.08. The van der Waals surface area contributed by atoms with Crippen molar-refractivity contribution >= 4 is 27.5 Å². The topological polar surface area (TPSA) is 70.1 Å². The first kappa shape index (κ1) is 13.5. The number of hydrazone groups is 1. The minimum Gasteiger partial charge on any atom is -0.282 e. The minimum atomic E-state index is -0.335. The van der Waals surface area contributed by atoms with E-state index < -0.39 is 0 Å². The number of nitrogens with zero attached hydrogens (tertiary/aromatic N) is 2. The number of rotatable bonds is 3. The van der Waals surface area contributed by atoms with Gasteiger partial charge in [-0.1, -0.05) is 28.1 Å². The summed E-state index contributed by atoms with van der Waals surface area (Å²) in [5.41, 5.74) is 5.30. The maximum absolute atomic E-state index is 11.8. The fourth-order valence-electron chi connectivity index (χ4n) is 1.50. The highest BCUT2D eigenvalue weighted by Gasteiger charge is 2.08. The van der Waals surface area contributed by atoms with Gasteiger partial charge in [0.05, 0.1) is 5.71 Å². The van der Waals surface area contributed by atoms with Crippen molar-refractivity contribution in [1.29, 1.82) is 0 Å². The molecule has 0 fully saturated rings. The van der Waals surface area contributed by atoms with Crippen LogP contribution in [-0.4, -0.2) is 21.8 Å². The number of carbonyl (C=O) groups is 1. The lowest BCUT2D eigenvalue weighted by atomic mass is 10.1. The normalized spacial score (nSPS) is 11.4. The van der Waals surface area contributed by atoms with Gasteiger partial charge in [-0.05, 0) is 37.6 Å². The van der Waals surface area contributed by atoms with E-state index in [2.05, 4.69) is 36.7 Å². The van der Waals surface area contributed by atoms with Crippen LogP contribution >= 0.6 is 15.9 Å². The van der Waals surface area contributed by atoms with Gasteiger partial charge in [0, 0.05) is 10.2 Å². The zero-order valence-electron chi connectivity index (χ0n) is 10.6. The fourth-order valence-corrected chi connectivity index (χ4v) is 1.90. The number of amides is 1. The monoisotopic (exact) mass is 320 g/mol. The van der Waals surface area contributed by atoms with Crippen molar-refractivity contribution in [3.63, 3.8) is 0 Å². The number of aromatic amines is 1. The largest absolute Gasteiger partial charge is 0.291 e. The Kier molecular flexibility index (Phi) is 4.11. The Labute approximate surface area is 119 Å². The molecule has 1 aromatic heterocycles. The Morgan fingerprint density at radius 3 is 2.84 bits per heavy atom. The fraction of sp³-hybridized carbons (Fsp3) is 0.154. The molecule has 1 aromatic carbocycles. The molecular weight excluding hydrogens is 308 g/mol. The van der Waals surface area contributed by atoms with E-state index in [0.717, 1.165) is 21.4 Å². The van der Waals surface area contributed by atoms with Gasteiger partial charge in [-0.3, -0.25) is 9.89 Å². The Bertz CT molecular complexity index is 633. The predicted octanol–water partition coefficient (Wildman–Crippen LogP) is 2.63. The molecule has 2 N–H and O–H groups in total. The summed E-state index contributed by atoms with van der Waals surface area (Å²) in [7, 11) is 0. The molecule has 98 valence electrons. The Morgan fingerprint density at radius 2 is 2.21 bits per heavy atom. The maximum atomic E-state index is 11.8. The zero-order valence-corrected chi connectivity index (χ0v) is 12.2. The van der Waals surface area contributed by atoms with Crippen LogP contribution in [0.3, 0.4) is 0 Å². The second-order valence-corrected chi connectivity index (χ2v) is 5.00. The van der Waals surface area contributed by atoms with Crippen LogP contribution in [0, 0.1) is 6.92 Å². The summed E-state index contributed by atoms with van der Waals surface area (Å²) in [5, 5.41) is 10.6. The molecule has 6 heteroatoms. The van der Waals surface area contributed by atoms with Gasteiger partial charge in [0.2, 0.25) is 0 Å². The van der Waals surface area contributed by atoms with Crippen LogP contribution in [0.5, 0.6) is 0 Å². The van der Waals surface area contributed by atoms with E-state index in [9.17, 15) is 4.79 Å². The van der Waals surface area contributed by atoms with Crippen molar-refractivity contribution in [2.24, 2.45) is 5.10 Å². The van der Waals surface area contributed by atoms with Gasteiger partial charge in [-0.2, -0.15) is 10.2 Å². The molecule has 1 amide bonds. The van der Waals surface area contributed by atoms with Gasteiger partial charge < -0.3 is 0 Å². The van der Waals surface area contributed by atoms with Gasteiger partial charge in [0.25, 0.3) is 5.91 Å². The summed E-state index contributed by atoms with van der Waals surface area (Å²) in [6.07, 6.45) is 0.